The van der Waals surface area contributed by atoms with Crippen LogP contribution in [0.3, 0.4) is 0 Å². The standard InChI is InChI=1S/C41H30N2.C19H15N/c1-29-20-22-32(23-21-29)34-18-11-19-35(24-34)39-26-37(31-14-7-3-8-15-31)28-41(43-39)40-27-36(30-12-5-2-6-13-30)25-38(42-40)33-16-9-4-10-17-33;1-14-10-12-15(13-11-14)20-18-8-4-2-6-16(18)17-7-3-5-9-19(17)20/h2-28H,1H3;2-13H,1H3. The van der Waals surface area contributed by atoms with Gasteiger partial charge in [0.1, 0.15) is 0 Å². The van der Waals surface area contributed by atoms with Crippen LogP contribution >= 0.6 is 0 Å². The molecule has 0 aliphatic carbocycles. The van der Waals surface area contributed by atoms with Crippen molar-refractivity contribution in [2.75, 3.05) is 0 Å². The Bertz CT molecular complexity index is 3200. The van der Waals surface area contributed by atoms with Gasteiger partial charge in [-0.15, -0.1) is 0 Å². The Hall–Kier alpha value is -8.14. The third kappa shape index (κ3) is 8.33. The summed E-state index contributed by atoms with van der Waals surface area (Å²) in [6.45, 7) is 4.24. The molecule has 0 aliphatic rings. The number of benzene rings is 8. The van der Waals surface area contributed by atoms with Crippen LogP contribution in [-0.4, -0.2) is 14.5 Å². The number of fused-ring (bicyclic) bond motifs is 3. The highest BCUT2D eigenvalue weighted by molar-refractivity contribution is 6.09. The monoisotopic (exact) mass is 807 g/mol. The van der Waals surface area contributed by atoms with Crippen LogP contribution in [-0.2, 0) is 0 Å². The van der Waals surface area contributed by atoms with Crippen molar-refractivity contribution in [1.29, 1.82) is 0 Å². The lowest BCUT2D eigenvalue weighted by Gasteiger charge is -2.13. The van der Waals surface area contributed by atoms with E-state index in [1.165, 1.54) is 49.7 Å². The largest absolute Gasteiger partial charge is 0.309 e. The molecule has 0 spiro atoms. The van der Waals surface area contributed by atoms with Gasteiger partial charge in [0.2, 0.25) is 0 Å². The van der Waals surface area contributed by atoms with E-state index in [1.54, 1.807) is 0 Å². The zero-order valence-corrected chi connectivity index (χ0v) is 35.4. The molecular weight excluding hydrogens is 763 g/mol. The summed E-state index contributed by atoms with van der Waals surface area (Å²) < 4.78 is 2.34. The van der Waals surface area contributed by atoms with Crippen LogP contribution in [0.4, 0.5) is 0 Å². The van der Waals surface area contributed by atoms with Crippen molar-refractivity contribution < 1.29 is 0 Å². The highest BCUT2D eigenvalue weighted by atomic mass is 15.0. The van der Waals surface area contributed by atoms with Crippen LogP contribution < -0.4 is 0 Å². The van der Waals surface area contributed by atoms with Crippen LogP contribution in [0.1, 0.15) is 11.1 Å². The van der Waals surface area contributed by atoms with E-state index in [0.29, 0.717) is 0 Å². The van der Waals surface area contributed by atoms with Crippen molar-refractivity contribution in [3.05, 3.63) is 248 Å². The minimum absolute atomic E-state index is 0.840. The van der Waals surface area contributed by atoms with E-state index in [1.807, 2.05) is 12.1 Å². The number of hydrogen-bond donors (Lipinski definition) is 0. The summed E-state index contributed by atoms with van der Waals surface area (Å²) in [7, 11) is 0. The molecule has 0 amide bonds. The fourth-order valence-corrected chi connectivity index (χ4v) is 8.32. The summed E-state index contributed by atoms with van der Waals surface area (Å²) in [5.41, 5.74) is 18.8. The molecule has 0 N–H and O–H groups in total. The average Bonchev–Trinajstić information content (AvgIpc) is 3.69. The molecule has 3 heterocycles. The Kier molecular flexibility index (Phi) is 10.8. The van der Waals surface area contributed by atoms with E-state index in [9.17, 15) is 0 Å². The van der Waals surface area contributed by atoms with Gasteiger partial charge in [-0.05, 0) is 102 Å². The smallest absolute Gasteiger partial charge is 0.0900 e. The predicted octanol–water partition coefficient (Wildman–Crippen LogP) is 15.9. The highest BCUT2D eigenvalue weighted by Crippen LogP contribution is 2.35. The third-order valence-electron chi connectivity index (χ3n) is 11.6. The second kappa shape index (κ2) is 17.5. The first-order valence-electron chi connectivity index (χ1n) is 21.5. The SMILES string of the molecule is Cc1ccc(-c2cccc(-c3cc(-c4ccccc4)cc(-c4cc(-c5ccccc5)cc(-c5ccccc5)n4)n3)c2)cc1.Cc1ccc(-n2c3ccccc3c3ccccc32)cc1. The first kappa shape index (κ1) is 39.0. The summed E-state index contributed by atoms with van der Waals surface area (Å²) >= 11 is 0. The van der Waals surface area contributed by atoms with Gasteiger partial charge in [-0.1, -0.05) is 193 Å². The fraction of sp³-hybridized carbons (Fsp3) is 0.0333. The molecule has 0 atom stereocenters. The van der Waals surface area contributed by atoms with Crippen LogP contribution in [0.25, 0.3) is 94.8 Å². The molecule has 3 nitrogen and oxygen atoms in total. The highest BCUT2D eigenvalue weighted by Gasteiger charge is 2.15. The van der Waals surface area contributed by atoms with E-state index < -0.39 is 0 Å². The maximum absolute atomic E-state index is 5.26. The molecule has 11 aromatic rings. The van der Waals surface area contributed by atoms with Crippen molar-refractivity contribution in [2.24, 2.45) is 0 Å². The van der Waals surface area contributed by atoms with E-state index in [-0.39, 0.29) is 0 Å². The molecule has 3 aromatic heterocycles. The molecule has 0 saturated heterocycles. The maximum atomic E-state index is 5.26. The van der Waals surface area contributed by atoms with E-state index >= 15 is 0 Å². The van der Waals surface area contributed by atoms with Gasteiger partial charge < -0.3 is 4.57 Å². The average molecular weight is 808 g/mol. The topological polar surface area (TPSA) is 30.7 Å². The lowest BCUT2D eigenvalue weighted by Crippen LogP contribution is -1.96. The second-order valence-corrected chi connectivity index (χ2v) is 16.0. The van der Waals surface area contributed by atoms with Gasteiger partial charge in [-0.3, -0.25) is 0 Å². The minimum Gasteiger partial charge on any atom is -0.309 e. The Balaban J connectivity index is 0.000000195. The molecule has 0 aliphatic heterocycles. The maximum Gasteiger partial charge on any atom is 0.0900 e. The number of rotatable bonds is 7. The predicted molar refractivity (Wildman–Crippen MR) is 265 cm³/mol. The molecule has 300 valence electrons. The van der Waals surface area contributed by atoms with Crippen molar-refractivity contribution in [3.8, 4) is 73.0 Å². The summed E-state index contributed by atoms with van der Waals surface area (Å²) in [5.74, 6) is 0. The Morgan fingerprint density at radius 2 is 0.651 bits per heavy atom. The van der Waals surface area contributed by atoms with Gasteiger partial charge in [0.15, 0.2) is 0 Å². The fourth-order valence-electron chi connectivity index (χ4n) is 8.32. The number of para-hydroxylation sites is 2. The van der Waals surface area contributed by atoms with Gasteiger partial charge >= 0.3 is 0 Å². The van der Waals surface area contributed by atoms with Gasteiger partial charge in [-0.25, -0.2) is 9.97 Å². The zero-order valence-electron chi connectivity index (χ0n) is 35.4. The summed E-state index contributed by atoms with van der Waals surface area (Å²) in [4.78, 5) is 10.4. The number of pyridine rings is 2. The number of aryl methyl sites for hydroxylation is 2. The number of aromatic nitrogens is 3. The Labute approximate surface area is 369 Å². The third-order valence-corrected chi connectivity index (χ3v) is 11.6. The number of nitrogens with zero attached hydrogens (tertiary/aromatic N) is 3. The first-order valence-corrected chi connectivity index (χ1v) is 21.5. The van der Waals surface area contributed by atoms with Gasteiger partial charge in [-0.2, -0.15) is 0 Å². The molecule has 8 aromatic carbocycles. The second-order valence-electron chi connectivity index (χ2n) is 16.0. The molecule has 3 heteroatoms. The normalized spacial score (nSPS) is 11.0. The summed E-state index contributed by atoms with van der Waals surface area (Å²) in [6, 6.07) is 83.2. The van der Waals surface area contributed by atoms with Crippen molar-refractivity contribution in [2.45, 2.75) is 13.8 Å². The van der Waals surface area contributed by atoms with Crippen molar-refractivity contribution in [1.82, 2.24) is 14.5 Å². The van der Waals surface area contributed by atoms with Crippen LogP contribution in [0, 0.1) is 13.8 Å². The van der Waals surface area contributed by atoms with E-state index in [0.717, 1.165) is 56.2 Å². The van der Waals surface area contributed by atoms with Crippen LogP contribution in [0.15, 0.2) is 237 Å². The minimum atomic E-state index is 0.840. The van der Waals surface area contributed by atoms with Crippen molar-refractivity contribution >= 4 is 21.8 Å². The Morgan fingerprint density at radius 1 is 0.270 bits per heavy atom. The molecule has 11 rings (SSSR count). The molecule has 0 fully saturated rings. The van der Waals surface area contributed by atoms with Crippen LogP contribution in [0.5, 0.6) is 0 Å². The quantitative estimate of drug-likeness (QED) is 0.161. The summed E-state index contributed by atoms with van der Waals surface area (Å²) in [5, 5.41) is 2.62. The lowest BCUT2D eigenvalue weighted by molar-refractivity contribution is 1.17. The first-order chi connectivity index (χ1) is 31.0. The van der Waals surface area contributed by atoms with Gasteiger partial charge in [0.25, 0.3) is 0 Å². The number of hydrogen-bond acceptors (Lipinski definition) is 2. The molecule has 0 saturated carbocycles. The lowest BCUT2D eigenvalue weighted by atomic mass is 9.97. The van der Waals surface area contributed by atoms with Gasteiger partial charge in [0.05, 0.1) is 33.8 Å². The molecule has 0 radical (unpaired) electrons. The molecule has 63 heavy (non-hydrogen) atoms. The van der Waals surface area contributed by atoms with Gasteiger partial charge in [0, 0.05) is 27.6 Å². The molecular formula is C60H45N3. The molecule has 0 unspecified atom stereocenters. The van der Waals surface area contributed by atoms with Crippen molar-refractivity contribution in [3.63, 3.8) is 0 Å². The molecule has 0 bridgehead atoms. The van der Waals surface area contributed by atoms with Crippen LogP contribution in [0.2, 0.25) is 0 Å². The summed E-state index contributed by atoms with van der Waals surface area (Å²) in [6.07, 6.45) is 0. The van der Waals surface area contributed by atoms with E-state index in [2.05, 4.69) is 243 Å². The zero-order chi connectivity index (χ0) is 42.5. The van der Waals surface area contributed by atoms with E-state index in [4.69, 9.17) is 9.97 Å². The Morgan fingerprint density at radius 3 is 1.17 bits per heavy atom.